The van der Waals surface area contributed by atoms with E-state index in [1.165, 1.54) is 5.56 Å². The van der Waals surface area contributed by atoms with Crippen LogP contribution in [-0.2, 0) is 18.4 Å². The molecule has 26 heavy (non-hydrogen) atoms. The molecule has 1 aliphatic rings. The summed E-state index contributed by atoms with van der Waals surface area (Å²) in [6, 6.07) is 8.23. The van der Waals surface area contributed by atoms with Gasteiger partial charge in [-0.2, -0.15) is 0 Å². The van der Waals surface area contributed by atoms with Gasteiger partial charge < -0.3 is 15.4 Å². The Kier molecular flexibility index (Phi) is 5.81. The Morgan fingerprint density at radius 2 is 2.12 bits per heavy atom. The third-order valence-corrected chi connectivity index (χ3v) is 5.08. The molecule has 140 valence electrons. The first-order chi connectivity index (χ1) is 12.5. The number of aliphatic imine (C=N–C) groups is 1. The van der Waals surface area contributed by atoms with Crippen molar-refractivity contribution in [3.05, 3.63) is 45.9 Å². The number of aromatic nitrogens is 1. The largest absolute Gasteiger partial charge is 0.488 e. The van der Waals surface area contributed by atoms with Crippen molar-refractivity contribution in [3.8, 4) is 5.75 Å². The number of nitrogens with one attached hydrogen (secondary N) is 2. The maximum Gasteiger partial charge on any atom is 0.191 e. The molecule has 5 nitrogen and oxygen atoms in total. The van der Waals surface area contributed by atoms with E-state index in [-0.39, 0.29) is 11.5 Å². The van der Waals surface area contributed by atoms with Gasteiger partial charge in [0.25, 0.3) is 0 Å². The van der Waals surface area contributed by atoms with Gasteiger partial charge in [-0.25, -0.2) is 9.98 Å². The maximum absolute atomic E-state index is 5.98. The minimum Gasteiger partial charge on any atom is -0.488 e. The van der Waals surface area contributed by atoms with Crippen LogP contribution in [0.2, 0.25) is 0 Å². The number of fused-ring (bicyclic) bond motifs is 1. The van der Waals surface area contributed by atoms with Crippen molar-refractivity contribution < 1.29 is 4.74 Å². The van der Waals surface area contributed by atoms with E-state index < -0.39 is 0 Å². The third-order valence-electron chi connectivity index (χ3n) is 4.25. The molecule has 2 N–H and O–H groups in total. The van der Waals surface area contributed by atoms with E-state index in [1.54, 1.807) is 11.3 Å². The number of rotatable bonds is 5. The van der Waals surface area contributed by atoms with E-state index in [9.17, 15) is 0 Å². The Hall–Kier alpha value is -2.08. The lowest BCUT2D eigenvalue weighted by Gasteiger charge is -2.15. The Morgan fingerprint density at radius 1 is 1.31 bits per heavy atom. The van der Waals surface area contributed by atoms with Crippen LogP contribution in [0, 0.1) is 0 Å². The van der Waals surface area contributed by atoms with Crippen molar-refractivity contribution in [1.29, 1.82) is 0 Å². The highest BCUT2D eigenvalue weighted by Crippen LogP contribution is 2.27. The molecule has 1 atom stereocenters. The monoisotopic (exact) mass is 372 g/mol. The molecule has 1 aromatic carbocycles. The highest BCUT2D eigenvalue weighted by Gasteiger charge is 2.22. The molecular weight excluding hydrogens is 344 g/mol. The molecule has 0 saturated carbocycles. The number of ether oxygens (including phenoxy) is 1. The number of hydrogen-bond donors (Lipinski definition) is 2. The molecule has 3 rings (SSSR count). The second kappa shape index (κ2) is 8.08. The SMILES string of the molecule is CCNC(=NCc1nc(C(C)(C)C)cs1)NCC1Cc2ccccc2O1. The van der Waals surface area contributed by atoms with Crippen LogP contribution >= 0.6 is 11.3 Å². The van der Waals surface area contributed by atoms with Gasteiger partial charge in [-0.15, -0.1) is 11.3 Å². The molecule has 0 amide bonds. The Morgan fingerprint density at radius 3 is 2.81 bits per heavy atom. The van der Waals surface area contributed by atoms with Gasteiger partial charge in [0.05, 0.1) is 18.8 Å². The number of para-hydroxylation sites is 1. The van der Waals surface area contributed by atoms with Gasteiger partial charge in [-0.05, 0) is 18.6 Å². The number of thiazole rings is 1. The van der Waals surface area contributed by atoms with E-state index in [0.717, 1.165) is 41.9 Å². The van der Waals surface area contributed by atoms with E-state index in [2.05, 4.69) is 60.8 Å². The Bertz CT molecular complexity index is 738. The van der Waals surface area contributed by atoms with Crippen LogP contribution in [-0.4, -0.2) is 30.1 Å². The van der Waals surface area contributed by atoms with Crippen LogP contribution in [0.25, 0.3) is 0 Å². The van der Waals surface area contributed by atoms with Crippen LogP contribution in [0.5, 0.6) is 5.75 Å². The van der Waals surface area contributed by atoms with Gasteiger partial charge >= 0.3 is 0 Å². The summed E-state index contributed by atoms with van der Waals surface area (Å²) < 4.78 is 5.98. The van der Waals surface area contributed by atoms with Crippen LogP contribution in [0.3, 0.4) is 0 Å². The number of hydrogen-bond acceptors (Lipinski definition) is 4. The van der Waals surface area contributed by atoms with Gasteiger partial charge in [0.1, 0.15) is 16.9 Å². The molecule has 0 spiro atoms. The zero-order valence-electron chi connectivity index (χ0n) is 16.0. The van der Waals surface area contributed by atoms with Crippen molar-refractivity contribution in [2.45, 2.75) is 52.2 Å². The van der Waals surface area contributed by atoms with Crippen LogP contribution < -0.4 is 15.4 Å². The summed E-state index contributed by atoms with van der Waals surface area (Å²) in [7, 11) is 0. The van der Waals surface area contributed by atoms with Gasteiger partial charge in [0, 0.05) is 23.8 Å². The highest BCUT2D eigenvalue weighted by molar-refractivity contribution is 7.09. The summed E-state index contributed by atoms with van der Waals surface area (Å²) >= 11 is 1.67. The van der Waals surface area contributed by atoms with Gasteiger partial charge in [-0.3, -0.25) is 0 Å². The average molecular weight is 373 g/mol. The molecule has 0 bridgehead atoms. The fraction of sp³-hybridized carbons (Fsp3) is 0.500. The van der Waals surface area contributed by atoms with E-state index in [4.69, 9.17) is 9.72 Å². The molecule has 0 radical (unpaired) electrons. The standard InChI is InChI=1S/C20H28N4OS/c1-5-21-19(23-12-18-24-17(13-26-18)20(2,3)4)22-11-15-10-14-8-6-7-9-16(14)25-15/h6-9,13,15H,5,10-12H2,1-4H3,(H2,21,22,23). The molecule has 2 heterocycles. The zero-order chi connectivity index (χ0) is 18.6. The zero-order valence-corrected chi connectivity index (χ0v) is 16.8. The molecule has 6 heteroatoms. The molecule has 1 aromatic heterocycles. The number of nitrogens with zero attached hydrogens (tertiary/aromatic N) is 2. The van der Waals surface area contributed by atoms with Crippen molar-refractivity contribution in [2.75, 3.05) is 13.1 Å². The lowest BCUT2D eigenvalue weighted by atomic mass is 9.93. The Balaban J connectivity index is 1.55. The second-order valence-electron chi connectivity index (χ2n) is 7.50. The topological polar surface area (TPSA) is 58.5 Å². The summed E-state index contributed by atoms with van der Waals surface area (Å²) in [5.41, 5.74) is 2.48. The second-order valence-corrected chi connectivity index (χ2v) is 8.45. The summed E-state index contributed by atoms with van der Waals surface area (Å²) in [6.45, 7) is 10.7. The highest BCUT2D eigenvalue weighted by atomic mass is 32.1. The molecule has 0 fully saturated rings. The Labute approximate surface area is 159 Å². The summed E-state index contributed by atoms with van der Waals surface area (Å²) in [6.07, 6.45) is 1.08. The summed E-state index contributed by atoms with van der Waals surface area (Å²) in [5, 5.41) is 9.86. The molecule has 1 aliphatic heterocycles. The quantitative estimate of drug-likeness (QED) is 0.623. The van der Waals surface area contributed by atoms with Gasteiger partial charge in [0.2, 0.25) is 0 Å². The number of benzene rings is 1. The van der Waals surface area contributed by atoms with Gasteiger partial charge in [0.15, 0.2) is 5.96 Å². The van der Waals surface area contributed by atoms with E-state index >= 15 is 0 Å². The molecule has 2 aromatic rings. The smallest absolute Gasteiger partial charge is 0.191 e. The van der Waals surface area contributed by atoms with Crippen molar-refractivity contribution in [3.63, 3.8) is 0 Å². The molecular formula is C20H28N4OS. The van der Waals surface area contributed by atoms with Gasteiger partial charge in [-0.1, -0.05) is 39.0 Å². The number of guanidine groups is 1. The van der Waals surface area contributed by atoms with E-state index in [1.807, 2.05) is 12.1 Å². The third kappa shape index (κ3) is 4.75. The van der Waals surface area contributed by atoms with Crippen molar-refractivity contribution >= 4 is 17.3 Å². The minimum atomic E-state index is 0.0794. The predicted octanol–water partition coefficient (Wildman–Crippen LogP) is 3.50. The first kappa shape index (κ1) is 18.7. The van der Waals surface area contributed by atoms with Crippen LogP contribution in [0.15, 0.2) is 34.6 Å². The van der Waals surface area contributed by atoms with Crippen molar-refractivity contribution in [1.82, 2.24) is 15.6 Å². The summed E-state index contributed by atoms with van der Waals surface area (Å²) in [5.74, 6) is 1.80. The normalized spacial score (nSPS) is 16.9. The molecule has 1 unspecified atom stereocenters. The lowest BCUT2D eigenvalue weighted by Crippen LogP contribution is -2.42. The first-order valence-corrected chi connectivity index (χ1v) is 10.1. The van der Waals surface area contributed by atoms with Crippen LogP contribution in [0.1, 0.15) is 44.0 Å². The van der Waals surface area contributed by atoms with E-state index in [0.29, 0.717) is 6.54 Å². The fourth-order valence-electron chi connectivity index (χ4n) is 2.79. The first-order valence-electron chi connectivity index (χ1n) is 9.17. The summed E-state index contributed by atoms with van der Waals surface area (Å²) in [4.78, 5) is 9.39. The molecule has 0 saturated heterocycles. The lowest BCUT2D eigenvalue weighted by molar-refractivity contribution is 0.235. The predicted molar refractivity (Wildman–Crippen MR) is 108 cm³/mol. The minimum absolute atomic E-state index is 0.0794. The molecule has 0 aliphatic carbocycles. The average Bonchev–Trinajstić information content (AvgIpc) is 3.23. The fourth-order valence-corrected chi connectivity index (χ4v) is 3.74. The maximum atomic E-state index is 5.98. The van der Waals surface area contributed by atoms with Crippen LogP contribution in [0.4, 0.5) is 0 Å². The van der Waals surface area contributed by atoms with Crippen molar-refractivity contribution in [2.24, 2.45) is 4.99 Å².